The maximum Gasteiger partial charge on any atom is 0.178 e. The lowest BCUT2D eigenvalue weighted by molar-refractivity contribution is 0.422. The van der Waals surface area contributed by atoms with Crippen molar-refractivity contribution >= 4 is 23.1 Å². The molecular weight excluding hydrogens is 274 g/mol. The molecule has 0 aliphatic heterocycles. The van der Waals surface area contributed by atoms with Crippen molar-refractivity contribution in [2.24, 2.45) is 0 Å². The van der Waals surface area contributed by atoms with Crippen molar-refractivity contribution in [2.75, 3.05) is 0 Å². The molecule has 1 N–H and O–H groups in total. The molecule has 0 amide bonds. The number of nitrogens with zero attached hydrogens (tertiary/aromatic N) is 2. The predicted octanol–water partition coefficient (Wildman–Crippen LogP) is 3.89. The molecule has 0 spiro atoms. The Labute approximate surface area is 122 Å². The third-order valence-corrected chi connectivity index (χ3v) is 4.46. The monoisotopic (exact) mass is 293 g/mol. The first-order valence-electron chi connectivity index (χ1n) is 6.23. The van der Waals surface area contributed by atoms with Crippen molar-refractivity contribution in [3.63, 3.8) is 0 Å². The van der Waals surface area contributed by atoms with Gasteiger partial charge in [0.2, 0.25) is 0 Å². The van der Waals surface area contributed by atoms with Crippen molar-refractivity contribution in [1.29, 1.82) is 0 Å². The third kappa shape index (κ3) is 4.60. The zero-order valence-corrected chi connectivity index (χ0v) is 13.4. The maximum absolute atomic E-state index is 4.10. The Bertz CT molecular complexity index is 530. The number of aryl methyl sites for hydroxylation is 1. The molecule has 0 saturated carbocycles. The second-order valence-electron chi connectivity index (χ2n) is 5.52. The largest absolute Gasteiger partial charge is 0.308 e. The molecule has 19 heavy (non-hydrogen) atoms. The Morgan fingerprint density at radius 1 is 1.32 bits per heavy atom. The summed E-state index contributed by atoms with van der Waals surface area (Å²) in [5, 5.41) is 11.5. The quantitative estimate of drug-likeness (QED) is 0.928. The normalized spacial score (nSPS) is 11.8. The first-order valence-corrected chi connectivity index (χ1v) is 7.92. The SMILES string of the molecule is Cc1ccc(Sc2nncs2)c(CNC(C)(C)C)c1. The summed E-state index contributed by atoms with van der Waals surface area (Å²) in [7, 11) is 0. The first-order chi connectivity index (χ1) is 8.94. The second kappa shape index (κ2) is 6.03. The van der Waals surface area contributed by atoms with Crippen molar-refractivity contribution < 1.29 is 0 Å². The minimum absolute atomic E-state index is 0.119. The van der Waals surface area contributed by atoms with Crippen molar-refractivity contribution in [1.82, 2.24) is 15.5 Å². The van der Waals surface area contributed by atoms with Gasteiger partial charge in [-0.15, -0.1) is 10.2 Å². The summed E-state index contributed by atoms with van der Waals surface area (Å²) < 4.78 is 0.987. The average Bonchev–Trinajstić information content (AvgIpc) is 2.81. The molecule has 5 heteroatoms. The van der Waals surface area contributed by atoms with Gasteiger partial charge in [0.15, 0.2) is 4.34 Å². The molecule has 0 bridgehead atoms. The van der Waals surface area contributed by atoms with Crippen LogP contribution in [0.5, 0.6) is 0 Å². The number of nitrogens with one attached hydrogen (secondary N) is 1. The van der Waals surface area contributed by atoms with E-state index in [1.807, 2.05) is 0 Å². The molecule has 0 aliphatic carbocycles. The third-order valence-electron chi connectivity index (χ3n) is 2.56. The topological polar surface area (TPSA) is 37.8 Å². The van der Waals surface area contributed by atoms with Crippen LogP contribution in [0, 0.1) is 6.92 Å². The Hall–Kier alpha value is -0.910. The molecular formula is C14H19N3S2. The molecule has 1 aromatic carbocycles. The molecule has 1 aromatic heterocycles. The second-order valence-corrected chi connectivity index (χ2v) is 7.64. The molecule has 1 heterocycles. The van der Waals surface area contributed by atoms with E-state index >= 15 is 0 Å². The number of rotatable bonds is 4. The van der Waals surface area contributed by atoms with Gasteiger partial charge < -0.3 is 5.32 Å². The van der Waals surface area contributed by atoms with Crippen LogP contribution < -0.4 is 5.32 Å². The molecule has 2 aromatic rings. The van der Waals surface area contributed by atoms with E-state index in [-0.39, 0.29) is 5.54 Å². The van der Waals surface area contributed by atoms with E-state index in [2.05, 4.69) is 61.4 Å². The average molecular weight is 293 g/mol. The van der Waals surface area contributed by atoms with Gasteiger partial charge in [0.1, 0.15) is 5.51 Å². The Morgan fingerprint density at radius 2 is 2.11 bits per heavy atom. The highest BCUT2D eigenvalue weighted by atomic mass is 32.2. The van der Waals surface area contributed by atoms with Gasteiger partial charge in [0, 0.05) is 17.0 Å². The zero-order chi connectivity index (χ0) is 13.9. The fourth-order valence-electron chi connectivity index (χ4n) is 1.61. The van der Waals surface area contributed by atoms with Gasteiger partial charge in [-0.2, -0.15) is 0 Å². The molecule has 102 valence electrons. The van der Waals surface area contributed by atoms with Gasteiger partial charge in [0.25, 0.3) is 0 Å². The molecule has 3 nitrogen and oxygen atoms in total. The minimum Gasteiger partial charge on any atom is -0.308 e. The molecule has 0 aliphatic rings. The van der Waals surface area contributed by atoms with Crippen LogP contribution in [0.4, 0.5) is 0 Å². The van der Waals surface area contributed by atoms with E-state index in [0.29, 0.717) is 0 Å². The van der Waals surface area contributed by atoms with Crippen LogP contribution in [0.15, 0.2) is 32.9 Å². The van der Waals surface area contributed by atoms with Crippen molar-refractivity contribution in [3.8, 4) is 0 Å². The summed E-state index contributed by atoms with van der Waals surface area (Å²) in [5.74, 6) is 0. The van der Waals surface area contributed by atoms with Gasteiger partial charge in [-0.05, 0) is 39.3 Å². The van der Waals surface area contributed by atoms with Crippen LogP contribution >= 0.6 is 23.1 Å². The number of aromatic nitrogens is 2. The number of benzene rings is 1. The Balaban J connectivity index is 2.18. The van der Waals surface area contributed by atoms with E-state index in [4.69, 9.17) is 0 Å². The molecule has 2 rings (SSSR count). The van der Waals surface area contributed by atoms with E-state index in [0.717, 1.165) is 10.9 Å². The summed E-state index contributed by atoms with van der Waals surface area (Å²) >= 11 is 3.26. The smallest absolute Gasteiger partial charge is 0.178 e. The first kappa shape index (κ1) is 14.5. The fraction of sp³-hybridized carbons (Fsp3) is 0.429. The fourth-order valence-corrected chi connectivity index (χ4v) is 3.15. The Kier molecular flexibility index (Phi) is 4.60. The minimum atomic E-state index is 0.119. The van der Waals surface area contributed by atoms with E-state index in [1.54, 1.807) is 28.6 Å². The molecule has 0 atom stereocenters. The van der Waals surface area contributed by atoms with Crippen LogP contribution in [0.25, 0.3) is 0 Å². The van der Waals surface area contributed by atoms with Crippen LogP contribution in [0.2, 0.25) is 0 Å². The van der Waals surface area contributed by atoms with Crippen LogP contribution in [0.1, 0.15) is 31.9 Å². The van der Waals surface area contributed by atoms with Gasteiger partial charge in [-0.1, -0.05) is 40.8 Å². The van der Waals surface area contributed by atoms with Gasteiger partial charge in [0.05, 0.1) is 0 Å². The highest BCUT2D eigenvalue weighted by Crippen LogP contribution is 2.31. The summed E-state index contributed by atoms with van der Waals surface area (Å²) in [6, 6.07) is 6.55. The van der Waals surface area contributed by atoms with E-state index in [9.17, 15) is 0 Å². The van der Waals surface area contributed by atoms with Crippen molar-refractivity contribution in [2.45, 2.75) is 49.0 Å². The lowest BCUT2D eigenvalue weighted by Gasteiger charge is -2.21. The van der Waals surface area contributed by atoms with Gasteiger partial charge in [-0.25, -0.2) is 0 Å². The molecule has 0 saturated heterocycles. The molecule has 0 radical (unpaired) electrons. The van der Waals surface area contributed by atoms with Crippen LogP contribution in [0.3, 0.4) is 0 Å². The summed E-state index contributed by atoms with van der Waals surface area (Å²) in [5.41, 5.74) is 4.49. The highest BCUT2D eigenvalue weighted by Gasteiger charge is 2.12. The summed E-state index contributed by atoms with van der Waals surface area (Å²) in [6.07, 6.45) is 0. The standard InChI is InChI=1S/C14H19N3S2/c1-10-5-6-12(19-13-17-16-9-18-13)11(7-10)8-15-14(2,3)4/h5-7,9,15H,8H2,1-4H3. The summed E-state index contributed by atoms with van der Waals surface area (Å²) in [4.78, 5) is 1.25. The lowest BCUT2D eigenvalue weighted by atomic mass is 10.1. The number of hydrogen-bond donors (Lipinski definition) is 1. The van der Waals surface area contributed by atoms with Crippen LogP contribution in [-0.2, 0) is 6.54 Å². The zero-order valence-electron chi connectivity index (χ0n) is 11.7. The molecule has 0 unspecified atom stereocenters. The lowest BCUT2D eigenvalue weighted by Crippen LogP contribution is -2.35. The predicted molar refractivity (Wildman–Crippen MR) is 81.8 cm³/mol. The highest BCUT2D eigenvalue weighted by molar-refractivity contribution is 8.01. The van der Waals surface area contributed by atoms with Crippen LogP contribution in [-0.4, -0.2) is 15.7 Å². The van der Waals surface area contributed by atoms with E-state index in [1.165, 1.54) is 16.0 Å². The van der Waals surface area contributed by atoms with Crippen molar-refractivity contribution in [3.05, 3.63) is 34.8 Å². The molecule has 0 fully saturated rings. The van der Waals surface area contributed by atoms with E-state index < -0.39 is 0 Å². The Morgan fingerprint density at radius 3 is 2.74 bits per heavy atom. The summed E-state index contributed by atoms with van der Waals surface area (Å²) in [6.45, 7) is 9.54. The van der Waals surface area contributed by atoms with Gasteiger partial charge in [-0.3, -0.25) is 0 Å². The maximum atomic E-state index is 4.10. The van der Waals surface area contributed by atoms with Gasteiger partial charge >= 0.3 is 0 Å². The number of hydrogen-bond acceptors (Lipinski definition) is 5.